The summed E-state index contributed by atoms with van der Waals surface area (Å²) < 4.78 is 4.00. The molecule has 0 atom stereocenters. The molecule has 0 saturated heterocycles. The summed E-state index contributed by atoms with van der Waals surface area (Å²) in [5, 5.41) is 4.66. The SMILES string of the molecule is CCCc1cc(-n2cnc3ccccc32)n2ncc(-c3ccccc3)c2n1. The highest BCUT2D eigenvalue weighted by Crippen LogP contribution is 2.27. The molecule has 0 aliphatic heterocycles. The van der Waals surface area contributed by atoms with E-state index < -0.39 is 0 Å². The molecule has 27 heavy (non-hydrogen) atoms. The molecule has 5 nitrogen and oxygen atoms in total. The van der Waals surface area contributed by atoms with E-state index in [1.807, 2.05) is 53.4 Å². The van der Waals surface area contributed by atoms with Gasteiger partial charge in [-0.25, -0.2) is 9.97 Å². The van der Waals surface area contributed by atoms with Gasteiger partial charge in [-0.2, -0.15) is 9.61 Å². The van der Waals surface area contributed by atoms with Crippen molar-refractivity contribution >= 4 is 16.7 Å². The van der Waals surface area contributed by atoms with E-state index in [4.69, 9.17) is 4.98 Å². The first-order valence-electron chi connectivity index (χ1n) is 9.20. The van der Waals surface area contributed by atoms with Gasteiger partial charge in [0.1, 0.15) is 12.1 Å². The minimum atomic E-state index is 0.875. The maximum Gasteiger partial charge on any atom is 0.165 e. The van der Waals surface area contributed by atoms with Crippen LogP contribution < -0.4 is 0 Å². The van der Waals surface area contributed by atoms with Gasteiger partial charge in [0, 0.05) is 17.3 Å². The Hall–Kier alpha value is -3.47. The van der Waals surface area contributed by atoms with E-state index in [2.05, 4.69) is 45.8 Å². The normalized spacial score (nSPS) is 11.4. The highest BCUT2D eigenvalue weighted by molar-refractivity contribution is 5.79. The highest BCUT2D eigenvalue weighted by Gasteiger charge is 2.15. The number of fused-ring (bicyclic) bond motifs is 2. The van der Waals surface area contributed by atoms with E-state index in [1.54, 1.807) is 0 Å². The fourth-order valence-electron chi connectivity index (χ4n) is 3.51. The monoisotopic (exact) mass is 353 g/mol. The van der Waals surface area contributed by atoms with Crippen molar-refractivity contribution in [1.29, 1.82) is 0 Å². The van der Waals surface area contributed by atoms with Crippen LogP contribution in [0.15, 0.2) is 73.2 Å². The van der Waals surface area contributed by atoms with Crippen LogP contribution in [0.5, 0.6) is 0 Å². The molecule has 5 aromatic rings. The van der Waals surface area contributed by atoms with Crippen LogP contribution in [0.1, 0.15) is 19.0 Å². The van der Waals surface area contributed by atoms with Crippen LogP contribution in [0.3, 0.4) is 0 Å². The number of aryl methyl sites for hydroxylation is 1. The standard InChI is InChI=1S/C22H19N5/c1-2-8-17-13-21(26-15-23-19-11-6-7-12-20(19)26)27-22(25-17)18(14-24-27)16-9-4-3-5-10-16/h3-7,9-15H,2,8H2,1H3. The van der Waals surface area contributed by atoms with E-state index in [-0.39, 0.29) is 0 Å². The third-order valence-corrected chi connectivity index (χ3v) is 4.80. The van der Waals surface area contributed by atoms with Crippen LogP contribution in [0.4, 0.5) is 0 Å². The van der Waals surface area contributed by atoms with Crippen molar-refractivity contribution in [1.82, 2.24) is 24.1 Å². The number of hydrogen-bond acceptors (Lipinski definition) is 3. The highest BCUT2D eigenvalue weighted by atomic mass is 15.3. The molecular weight excluding hydrogens is 334 g/mol. The third-order valence-electron chi connectivity index (χ3n) is 4.80. The van der Waals surface area contributed by atoms with Gasteiger partial charge in [0.2, 0.25) is 0 Å². The average Bonchev–Trinajstić information content (AvgIpc) is 3.33. The Morgan fingerprint density at radius 3 is 2.63 bits per heavy atom. The van der Waals surface area contributed by atoms with Crippen LogP contribution in [0.2, 0.25) is 0 Å². The first-order chi connectivity index (χ1) is 13.3. The van der Waals surface area contributed by atoms with Gasteiger partial charge < -0.3 is 0 Å². The molecule has 5 heteroatoms. The van der Waals surface area contributed by atoms with Gasteiger partial charge in [0.05, 0.1) is 17.2 Å². The number of aromatic nitrogens is 5. The van der Waals surface area contributed by atoms with Gasteiger partial charge in [0.15, 0.2) is 5.65 Å². The fourth-order valence-corrected chi connectivity index (χ4v) is 3.51. The summed E-state index contributed by atoms with van der Waals surface area (Å²) in [6, 6.07) is 20.6. The maximum absolute atomic E-state index is 4.92. The minimum Gasteiger partial charge on any atom is -0.283 e. The van der Waals surface area contributed by atoms with Gasteiger partial charge in [-0.15, -0.1) is 0 Å². The van der Waals surface area contributed by atoms with E-state index >= 15 is 0 Å². The molecule has 0 amide bonds. The average molecular weight is 353 g/mol. The van der Waals surface area contributed by atoms with Crippen molar-refractivity contribution in [2.45, 2.75) is 19.8 Å². The molecular formula is C22H19N5. The van der Waals surface area contributed by atoms with Crippen LogP contribution >= 0.6 is 0 Å². The van der Waals surface area contributed by atoms with E-state index in [0.29, 0.717) is 0 Å². The predicted molar refractivity (Wildman–Crippen MR) is 107 cm³/mol. The van der Waals surface area contributed by atoms with Crippen LogP contribution in [-0.2, 0) is 6.42 Å². The molecule has 0 bridgehead atoms. The summed E-state index contributed by atoms with van der Waals surface area (Å²) in [6.45, 7) is 2.17. The number of nitrogens with zero attached hydrogens (tertiary/aromatic N) is 5. The number of imidazole rings is 1. The van der Waals surface area contributed by atoms with Gasteiger partial charge in [0.25, 0.3) is 0 Å². The lowest BCUT2D eigenvalue weighted by atomic mass is 10.1. The fraction of sp³-hybridized carbons (Fsp3) is 0.136. The Bertz CT molecular complexity index is 1230. The molecule has 0 N–H and O–H groups in total. The lowest BCUT2D eigenvalue weighted by Crippen LogP contribution is -2.06. The second-order valence-corrected chi connectivity index (χ2v) is 6.62. The molecule has 0 spiro atoms. The van der Waals surface area contributed by atoms with Crippen LogP contribution in [0, 0.1) is 0 Å². The summed E-state index contributed by atoms with van der Waals surface area (Å²) in [4.78, 5) is 9.46. The summed E-state index contributed by atoms with van der Waals surface area (Å²) in [5.41, 5.74) is 6.13. The zero-order chi connectivity index (χ0) is 18.2. The zero-order valence-electron chi connectivity index (χ0n) is 15.1. The molecule has 0 aliphatic rings. The number of rotatable bonds is 4. The molecule has 0 saturated carbocycles. The molecule has 0 radical (unpaired) electrons. The van der Waals surface area contributed by atoms with Crippen LogP contribution in [-0.4, -0.2) is 24.1 Å². The molecule has 0 fully saturated rings. The van der Waals surface area contributed by atoms with E-state index in [9.17, 15) is 0 Å². The maximum atomic E-state index is 4.92. The molecule has 0 unspecified atom stereocenters. The van der Waals surface area contributed by atoms with Crippen molar-refractivity contribution in [2.24, 2.45) is 0 Å². The number of para-hydroxylation sites is 2. The molecule has 3 heterocycles. The van der Waals surface area contributed by atoms with Gasteiger partial charge in [-0.05, 0) is 24.1 Å². The summed E-state index contributed by atoms with van der Waals surface area (Å²) in [6.07, 6.45) is 5.73. The Morgan fingerprint density at radius 1 is 0.963 bits per heavy atom. The lowest BCUT2D eigenvalue weighted by Gasteiger charge is -2.10. The van der Waals surface area contributed by atoms with Gasteiger partial charge >= 0.3 is 0 Å². The molecule has 2 aromatic carbocycles. The molecule has 0 aliphatic carbocycles. The van der Waals surface area contributed by atoms with Crippen molar-refractivity contribution < 1.29 is 0 Å². The van der Waals surface area contributed by atoms with Crippen LogP contribution in [0.25, 0.3) is 33.6 Å². The van der Waals surface area contributed by atoms with Crippen molar-refractivity contribution in [3.05, 3.63) is 78.9 Å². The Balaban J connectivity index is 1.80. The number of benzene rings is 2. The summed E-state index contributed by atoms with van der Waals surface area (Å²) >= 11 is 0. The summed E-state index contributed by atoms with van der Waals surface area (Å²) in [7, 11) is 0. The minimum absolute atomic E-state index is 0.875. The largest absolute Gasteiger partial charge is 0.283 e. The molecule has 3 aromatic heterocycles. The molecule has 132 valence electrons. The van der Waals surface area contributed by atoms with Gasteiger partial charge in [-0.3, -0.25) is 4.57 Å². The second-order valence-electron chi connectivity index (χ2n) is 6.62. The number of hydrogen-bond donors (Lipinski definition) is 0. The Kier molecular flexibility index (Phi) is 3.71. The Morgan fingerprint density at radius 2 is 1.78 bits per heavy atom. The topological polar surface area (TPSA) is 48.0 Å². The first-order valence-corrected chi connectivity index (χ1v) is 9.20. The van der Waals surface area contributed by atoms with E-state index in [0.717, 1.165) is 52.2 Å². The van der Waals surface area contributed by atoms with E-state index in [1.165, 1.54) is 0 Å². The van der Waals surface area contributed by atoms with Crippen molar-refractivity contribution in [3.8, 4) is 16.9 Å². The summed E-state index contributed by atoms with van der Waals surface area (Å²) in [5.74, 6) is 0.958. The quantitative estimate of drug-likeness (QED) is 0.471. The smallest absolute Gasteiger partial charge is 0.165 e. The van der Waals surface area contributed by atoms with Crippen molar-refractivity contribution in [3.63, 3.8) is 0 Å². The molecule has 5 rings (SSSR count). The first kappa shape index (κ1) is 15.8. The predicted octanol–water partition coefficient (Wildman–Crippen LogP) is 4.69. The van der Waals surface area contributed by atoms with Gasteiger partial charge in [-0.1, -0.05) is 55.8 Å². The third kappa shape index (κ3) is 2.59. The lowest BCUT2D eigenvalue weighted by molar-refractivity contribution is 0.825. The second kappa shape index (κ2) is 6.36. The van der Waals surface area contributed by atoms with Crippen molar-refractivity contribution in [2.75, 3.05) is 0 Å². The zero-order valence-corrected chi connectivity index (χ0v) is 15.1. The Labute approximate surface area is 156 Å².